The second kappa shape index (κ2) is 6.74. The molecule has 144 valence electrons. The molecule has 27 heavy (non-hydrogen) atoms. The molecule has 2 aliphatic heterocycles. The van der Waals surface area contributed by atoms with Crippen LogP contribution in [0.3, 0.4) is 0 Å². The van der Waals surface area contributed by atoms with Crippen LogP contribution in [0.25, 0.3) is 10.9 Å². The van der Waals surface area contributed by atoms with Crippen LogP contribution < -0.4 is 5.32 Å². The number of pyridine rings is 1. The van der Waals surface area contributed by atoms with E-state index in [1.165, 1.54) is 4.31 Å². The summed E-state index contributed by atoms with van der Waals surface area (Å²) in [5.74, 6) is 0. The SMILES string of the molecule is O=C(O)NC1COC2(CCN(S(=O)(=O)c3ccc4ncccc4c3)CC2)C1. The van der Waals surface area contributed by atoms with Crippen molar-refractivity contribution in [1.29, 1.82) is 0 Å². The van der Waals surface area contributed by atoms with Crippen molar-refractivity contribution in [2.75, 3.05) is 19.7 Å². The van der Waals surface area contributed by atoms with Crippen molar-refractivity contribution in [3.63, 3.8) is 0 Å². The number of carbonyl (C=O) groups is 1. The summed E-state index contributed by atoms with van der Waals surface area (Å²) < 4.78 is 33.4. The number of sulfonamides is 1. The van der Waals surface area contributed by atoms with Gasteiger partial charge in [-0.15, -0.1) is 0 Å². The van der Waals surface area contributed by atoms with Gasteiger partial charge in [0.15, 0.2) is 0 Å². The van der Waals surface area contributed by atoms with E-state index in [-0.39, 0.29) is 10.9 Å². The molecule has 0 bridgehead atoms. The maximum absolute atomic E-state index is 13.0. The molecule has 1 aromatic heterocycles. The van der Waals surface area contributed by atoms with Crippen LogP contribution in [0.1, 0.15) is 19.3 Å². The van der Waals surface area contributed by atoms with Gasteiger partial charge in [0.2, 0.25) is 10.0 Å². The van der Waals surface area contributed by atoms with E-state index in [1.807, 2.05) is 6.07 Å². The molecule has 1 amide bonds. The summed E-state index contributed by atoms with van der Waals surface area (Å²) in [7, 11) is -3.59. The summed E-state index contributed by atoms with van der Waals surface area (Å²) in [6, 6.07) is 8.35. The van der Waals surface area contributed by atoms with Gasteiger partial charge >= 0.3 is 6.09 Å². The van der Waals surface area contributed by atoms with Gasteiger partial charge in [0.25, 0.3) is 0 Å². The van der Waals surface area contributed by atoms with Crippen molar-refractivity contribution in [2.24, 2.45) is 0 Å². The third kappa shape index (κ3) is 3.50. The summed E-state index contributed by atoms with van der Waals surface area (Å²) in [5, 5.41) is 12.1. The van der Waals surface area contributed by atoms with E-state index in [2.05, 4.69) is 10.3 Å². The molecule has 9 heteroatoms. The average molecular weight is 391 g/mol. The largest absolute Gasteiger partial charge is 0.465 e. The standard InChI is InChI=1S/C18H21N3O5S/c22-17(23)20-14-11-18(26-12-14)5-8-21(9-6-18)27(24,25)15-3-4-16-13(10-15)2-1-7-19-16/h1-4,7,10,14,20H,5-6,8-9,11-12H2,(H,22,23). The first-order valence-corrected chi connectivity index (χ1v) is 10.3. The summed E-state index contributed by atoms with van der Waals surface area (Å²) in [6.45, 7) is 1.04. The van der Waals surface area contributed by atoms with Crippen LogP contribution in [0.4, 0.5) is 4.79 Å². The highest BCUT2D eigenvalue weighted by Gasteiger charge is 2.45. The molecule has 2 fully saturated rings. The summed E-state index contributed by atoms with van der Waals surface area (Å²) in [5.41, 5.74) is 0.317. The minimum atomic E-state index is -3.59. The fraction of sp³-hybridized carbons (Fsp3) is 0.444. The lowest BCUT2D eigenvalue weighted by Gasteiger charge is -2.38. The Morgan fingerprint density at radius 1 is 1.30 bits per heavy atom. The number of amides is 1. The number of nitrogens with one attached hydrogen (secondary N) is 1. The fourth-order valence-corrected chi connectivity index (χ4v) is 5.43. The third-order valence-electron chi connectivity index (χ3n) is 5.38. The highest BCUT2D eigenvalue weighted by molar-refractivity contribution is 7.89. The molecular weight excluding hydrogens is 370 g/mol. The second-order valence-corrected chi connectivity index (χ2v) is 9.04. The third-order valence-corrected chi connectivity index (χ3v) is 7.28. The number of rotatable bonds is 3. The van der Waals surface area contributed by atoms with Crippen LogP contribution in [0, 0.1) is 0 Å². The van der Waals surface area contributed by atoms with E-state index >= 15 is 0 Å². The Labute approximate surface area is 157 Å². The summed E-state index contributed by atoms with van der Waals surface area (Å²) in [6.07, 6.45) is 2.30. The number of carboxylic acid groups (broad SMARTS) is 1. The number of piperidine rings is 1. The molecule has 0 aliphatic carbocycles. The lowest BCUT2D eigenvalue weighted by atomic mass is 9.88. The summed E-state index contributed by atoms with van der Waals surface area (Å²) in [4.78, 5) is 15.3. The molecule has 1 unspecified atom stereocenters. The zero-order chi connectivity index (χ0) is 19.1. The predicted molar refractivity (Wildman–Crippen MR) is 98.0 cm³/mol. The number of hydrogen-bond donors (Lipinski definition) is 2. The lowest BCUT2D eigenvalue weighted by Crippen LogP contribution is -2.47. The first kappa shape index (κ1) is 18.1. The minimum Gasteiger partial charge on any atom is -0.465 e. The maximum Gasteiger partial charge on any atom is 0.404 e. The van der Waals surface area contributed by atoms with Gasteiger partial charge < -0.3 is 15.2 Å². The molecule has 1 atom stereocenters. The van der Waals surface area contributed by atoms with E-state index in [0.717, 1.165) is 10.9 Å². The zero-order valence-electron chi connectivity index (χ0n) is 14.7. The predicted octanol–water partition coefficient (Wildman–Crippen LogP) is 1.81. The number of benzene rings is 1. The molecule has 4 rings (SSSR count). The topological polar surface area (TPSA) is 109 Å². The fourth-order valence-electron chi connectivity index (χ4n) is 3.96. The van der Waals surface area contributed by atoms with Gasteiger partial charge in [-0.05, 0) is 43.5 Å². The maximum atomic E-state index is 13.0. The van der Waals surface area contributed by atoms with Crippen molar-refractivity contribution in [3.05, 3.63) is 36.5 Å². The van der Waals surface area contributed by atoms with Crippen LogP contribution in [0.15, 0.2) is 41.4 Å². The Kier molecular flexibility index (Phi) is 4.53. The van der Waals surface area contributed by atoms with Crippen molar-refractivity contribution in [1.82, 2.24) is 14.6 Å². The van der Waals surface area contributed by atoms with E-state index in [1.54, 1.807) is 30.5 Å². The molecule has 2 aromatic rings. The smallest absolute Gasteiger partial charge is 0.404 e. The first-order chi connectivity index (χ1) is 12.9. The Morgan fingerprint density at radius 2 is 2.07 bits per heavy atom. The highest BCUT2D eigenvalue weighted by atomic mass is 32.2. The molecule has 8 nitrogen and oxygen atoms in total. The van der Waals surface area contributed by atoms with Crippen LogP contribution in [0.5, 0.6) is 0 Å². The Hall–Kier alpha value is -2.23. The second-order valence-electron chi connectivity index (χ2n) is 7.11. The average Bonchev–Trinajstić information content (AvgIpc) is 3.03. The van der Waals surface area contributed by atoms with Gasteiger partial charge in [-0.2, -0.15) is 4.31 Å². The highest BCUT2D eigenvalue weighted by Crippen LogP contribution is 2.37. The lowest BCUT2D eigenvalue weighted by molar-refractivity contribution is -0.0311. The molecular formula is C18H21N3O5S. The van der Waals surface area contributed by atoms with Crippen molar-refractivity contribution in [2.45, 2.75) is 35.8 Å². The Morgan fingerprint density at radius 3 is 2.81 bits per heavy atom. The van der Waals surface area contributed by atoms with Gasteiger partial charge in [-0.25, -0.2) is 13.2 Å². The molecule has 1 aromatic carbocycles. The quantitative estimate of drug-likeness (QED) is 0.826. The van der Waals surface area contributed by atoms with Crippen LogP contribution in [-0.2, 0) is 14.8 Å². The van der Waals surface area contributed by atoms with Crippen molar-refractivity contribution < 1.29 is 23.1 Å². The molecule has 2 N–H and O–H groups in total. The van der Waals surface area contributed by atoms with Crippen LogP contribution >= 0.6 is 0 Å². The van der Waals surface area contributed by atoms with Crippen LogP contribution in [0.2, 0.25) is 0 Å². The monoisotopic (exact) mass is 391 g/mol. The molecule has 0 radical (unpaired) electrons. The molecule has 3 heterocycles. The van der Waals surface area contributed by atoms with E-state index in [0.29, 0.717) is 39.0 Å². The number of aromatic nitrogens is 1. The normalized spacial score (nSPS) is 22.9. The van der Waals surface area contributed by atoms with E-state index in [9.17, 15) is 13.2 Å². The molecule has 2 aliphatic rings. The number of fused-ring (bicyclic) bond motifs is 1. The Bertz CT molecular complexity index is 970. The summed E-state index contributed by atoms with van der Waals surface area (Å²) >= 11 is 0. The molecule has 0 saturated carbocycles. The van der Waals surface area contributed by atoms with E-state index < -0.39 is 21.7 Å². The van der Waals surface area contributed by atoms with Gasteiger partial charge in [0.05, 0.1) is 28.7 Å². The van der Waals surface area contributed by atoms with Crippen LogP contribution in [-0.4, -0.2) is 60.2 Å². The van der Waals surface area contributed by atoms with Crippen molar-refractivity contribution >= 4 is 27.0 Å². The van der Waals surface area contributed by atoms with Gasteiger partial charge in [0, 0.05) is 24.7 Å². The number of nitrogens with zero attached hydrogens (tertiary/aromatic N) is 2. The zero-order valence-corrected chi connectivity index (χ0v) is 15.5. The minimum absolute atomic E-state index is 0.237. The molecule has 1 spiro atoms. The molecule has 2 saturated heterocycles. The first-order valence-electron chi connectivity index (χ1n) is 8.86. The van der Waals surface area contributed by atoms with Gasteiger partial charge in [0.1, 0.15) is 0 Å². The van der Waals surface area contributed by atoms with Gasteiger partial charge in [-0.3, -0.25) is 4.98 Å². The van der Waals surface area contributed by atoms with Gasteiger partial charge in [-0.1, -0.05) is 6.07 Å². The van der Waals surface area contributed by atoms with E-state index in [4.69, 9.17) is 9.84 Å². The Balaban J connectivity index is 1.47. The van der Waals surface area contributed by atoms with Crippen molar-refractivity contribution in [3.8, 4) is 0 Å². The number of hydrogen-bond acceptors (Lipinski definition) is 5. The number of ether oxygens (including phenoxy) is 1.